The number of hydrogen-bond donors (Lipinski definition) is 2. The number of nitrogens with two attached hydrogens (primary N) is 1. The molecule has 0 aliphatic heterocycles. The zero-order valence-corrected chi connectivity index (χ0v) is 26.1. The summed E-state index contributed by atoms with van der Waals surface area (Å²) in [5, 5.41) is 9.80. The molecule has 0 aliphatic carbocycles. The molecule has 0 aliphatic rings. The molecule has 238 valence electrons. The number of carboxylic acids is 1. The average Bonchev–Trinajstić information content (AvgIpc) is 2.84. The minimum absolute atomic E-state index is 0.152. The Kier molecular flexibility index (Phi) is 14.6. The molecule has 0 bridgehead atoms. The Bertz CT molecular complexity index is 1050. The van der Waals surface area contributed by atoms with Crippen LogP contribution in [0.1, 0.15) is 99.5 Å². The van der Waals surface area contributed by atoms with Crippen LogP contribution >= 0.6 is 0 Å². The van der Waals surface area contributed by atoms with Crippen molar-refractivity contribution in [3.05, 3.63) is 23.8 Å². The van der Waals surface area contributed by atoms with Gasteiger partial charge in [-0.2, -0.15) is 0 Å². The van der Waals surface area contributed by atoms with Gasteiger partial charge in [-0.15, -0.1) is 0 Å². The van der Waals surface area contributed by atoms with Crippen LogP contribution in [0.2, 0.25) is 0 Å². The number of benzene rings is 1. The number of carbonyl (C=O) groups is 4. The van der Waals surface area contributed by atoms with Gasteiger partial charge in [0.2, 0.25) is 0 Å². The molecule has 0 heterocycles. The summed E-state index contributed by atoms with van der Waals surface area (Å²) >= 11 is 0. The Morgan fingerprint density at radius 1 is 0.810 bits per heavy atom. The lowest BCUT2D eigenvalue weighted by atomic mass is 9.79. The Morgan fingerprint density at radius 2 is 1.31 bits per heavy atom. The molecule has 0 amide bonds. The lowest BCUT2D eigenvalue weighted by molar-refractivity contribution is -0.139. The molecule has 42 heavy (non-hydrogen) atoms. The van der Waals surface area contributed by atoms with E-state index in [1.54, 1.807) is 48.5 Å². The third-order valence-corrected chi connectivity index (χ3v) is 6.38. The van der Waals surface area contributed by atoms with Gasteiger partial charge in [0.25, 0.3) is 0 Å². The predicted molar refractivity (Wildman–Crippen MR) is 154 cm³/mol. The molecule has 6 atom stereocenters. The van der Waals surface area contributed by atoms with Gasteiger partial charge in [-0.1, -0.05) is 39.7 Å². The number of rotatable bonds is 14. The summed E-state index contributed by atoms with van der Waals surface area (Å²) in [5.41, 5.74) is 5.63. The van der Waals surface area contributed by atoms with Crippen LogP contribution in [0, 0.1) is 5.92 Å². The van der Waals surface area contributed by atoms with Gasteiger partial charge < -0.3 is 39.3 Å². The number of hydrogen-bond acceptors (Lipinski definition) is 11. The predicted octanol–water partition coefficient (Wildman–Crippen LogP) is 6.57. The Morgan fingerprint density at radius 3 is 1.76 bits per heavy atom. The van der Waals surface area contributed by atoms with E-state index in [2.05, 4.69) is 0 Å². The molecule has 1 aromatic carbocycles. The molecule has 0 fully saturated rings. The molecule has 0 saturated heterocycles. The van der Waals surface area contributed by atoms with Gasteiger partial charge in [-0.05, 0) is 72.1 Å². The zero-order valence-electron chi connectivity index (χ0n) is 26.1. The van der Waals surface area contributed by atoms with Crippen LogP contribution in [0.5, 0.6) is 11.5 Å². The fourth-order valence-electron chi connectivity index (χ4n) is 4.20. The highest BCUT2D eigenvalue weighted by Gasteiger charge is 2.36. The highest BCUT2D eigenvalue weighted by molar-refractivity contribution is 5.75. The van der Waals surface area contributed by atoms with Crippen molar-refractivity contribution < 1.29 is 52.7 Å². The molecule has 12 heteroatoms. The summed E-state index contributed by atoms with van der Waals surface area (Å²) in [6, 6.07) is 2.72. The molecule has 1 rings (SSSR count). The Hall–Kier alpha value is -3.54. The van der Waals surface area contributed by atoms with E-state index >= 15 is 0 Å². The van der Waals surface area contributed by atoms with Crippen LogP contribution in [0.4, 0.5) is 14.4 Å². The fourth-order valence-corrected chi connectivity index (χ4v) is 4.20. The highest BCUT2D eigenvalue weighted by Crippen LogP contribution is 2.37. The molecule has 0 aromatic heterocycles. The van der Waals surface area contributed by atoms with E-state index in [-0.39, 0.29) is 11.5 Å². The maximum absolute atomic E-state index is 12.6. The fraction of sp³-hybridized carbons (Fsp3) is 0.667. The summed E-state index contributed by atoms with van der Waals surface area (Å²) < 4.78 is 31.9. The molecule has 0 radical (unpaired) electrons. The van der Waals surface area contributed by atoms with Crippen LogP contribution in [-0.4, -0.2) is 59.5 Å². The van der Waals surface area contributed by atoms with E-state index in [1.165, 1.54) is 18.2 Å². The molecule has 5 unspecified atom stereocenters. The van der Waals surface area contributed by atoms with Gasteiger partial charge in [0.05, 0.1) is 0 Å². The minimum Gasteiger partial charge on any atom is -0.480 e. The highest BCUT2D eigenvalue weighted by atomic mass is 16.8. The second kappa shape index (κ2) is 16.8. The van der Waals surface area contributed by atoms with Crippen molar-refractivity contribution in [1.29, 1.82) is 0 Å². The van der Waals surface area contributed by atoms with Crippen molar-refractivity contribution >= 4 is 24.4 Å². The summed E-state index contributed by atoms with van der Waals surface area (Å²) in [6.07, 6.45) is -1.85. The Labute approximate surface area is 248 Å². The first kappa shape index (κ1) is 36.5. The van der Waals surface area contributed by atoms with Crippen molar-refractivity contribution in [2.45, 2.75) is 124 Å². The second-order valence-corrected chi connectivity index (χ2v) is 11.4. The van der Waals surface area contributed by atoms with Gasteiger partial charge in [-0.25, -0.2) is 14.4 Å². The first-order valence-corrected chi connectivity index (χ1v) is 14.3. The van der Waals surface area contributed by atoms with Gasteiger partial charge in [0.1, 0.15) is 30.0 Å². The van der Waals surface area contributed by atoms with Crippen LogP contribution in [0.15, 0.2) is 18.2 Å². The number of ether oxygens (including phenoxy) is 6. The quantitative estimate of drug-likeness (QED) is 0.135. The number of aliphatic carboxylic acids is 1. The monoisotopic (exact) mass is 597 g/mol. The number of carboxylic acid groups (broad SMARTS) is 1. The van der Waals surface area contributed by atoms with E-state index in [4.69, 9.17) is 34.2 Å². The van der Waals surface area contributed by atoms with Crippen LogP contribution < -0.4 is 15.2 Å². The maximum atomic E-state index is 12.6. The zero-order chi connectivity index (χ0) is 32.2. The molecule has 3 N–H and O–H groups in total. The molecule has 12 nitrogen and oxygen atoms in total. The summed E-state index contributed by atoms with van der Waals surface area (Å²) in [5.74, 6) is -3.26. The van der Waals surface area contributed by atoms with Gasteiger partial charge >= 0.3 is 24.4 Å². The molecule has 0 saturated carbocycles. The normalized spacial score (nSPS) is 15.7. The summed E-state index contributed by atoms with van der Waals surface area (Å²) in [7, 11) is 0. The van der Waals surface area contributed by atoms with Crippen LogP contribution in [0.25, 0.3) is 0 Å². The lowest BCUT2D eigenvalue weighted by Gasteiger charge is -2.32. The molecular formula is C30H47NO11. The van der Waals surface area contributed by atoms with Crippen molar-refractivity contribution in [2.24, 2.45) is 11.7 Å². The smallest absolute Gasteiger partial charge is 0.480 e. The van der Waals surface area contributed by atoms with Crippen molar-refractivity contribution in [1.82, 2.24) is 0 Å². The van der Waals surface area contributed by atoms with E-state index < -0.39 is 66.2 Å². The van der Waals surface area contributed by atoms with E-state index in [9.17, 15) is 24.3 Å². The average molecular weight is 598 g/mol. The van der Waals surface area contributed by atoms with Crippen molar-refractivity contribution in [2.75, 3.05) is 0 Å². The van der Waals surface area contributed by atoms with Crippen molar-refractivity contribution in [3.8, 4) is 11.5 Å². The Balaban J connectivity index is 3.44. The number of carbonyl (C=O) groups excluding carboxylic acids is 3. The molecular weight excluding hydrogens is 550 g/mol. The summed E-state index contributed by atoms with van der Waals surface area (Å²) in [4.78, 5) is 49.3. The first-order valence-electron chi connectivity index (χ1n) is 14.3. The van der Waals surface area contributed by atoms with E-state index in [0.29, 0.717) is 18.4 Å². The standard InChI is InChI=1S/C30H47NO11/c1-10-12-17(3)37-27(34)40-22-15-14-21(16-23(22)41-28(35)38-18(4)13-11-2)24(25(31)26(32)33)19(5)20(6)39-29(36)42-30(7,8)9/h14-20,24-25H,10-13,31H2,1-9H3,(H,32,33)/t17?,18?,19?,20?,24?,25-/m0/s1. The van der Waals surface area contributed by atoms with E-state index in [1.807, 2.05) is 13.8 Å². The first-order chi connectivity index (χ1) is 19.5. The maximum Gasteiger partial charge on any atom is 0.514 e. The van der Waals surface area contributed by atoms with Crippen molar-refractivity contribution in [3.63, 3.8) is 0 Å². The molecule has 0 spiro atoms. The third kappa shape index (κ3) is 12.5. The van der Waals surface area contributed by atoms with Crippen LogP contribution in [-0.2, 0) is 23.7 Å². The van der Waals surface area contributed by atoms with Gasteiger partial charge in [0.15, 0.2) is 11.5 Å². The lowest BCUT2D eigenvalue weighted by Crippen LogP contribution is -2.43. The third-order valence-electron chi connectivity index (χ3n) is 6.38. The van der Waals surface area contributed by atoms with Gasteiger partial charge in [-0.3, -0.25) is 4.79 Å². The van der Waals surface area contributed by atoms with Gasteiger partial charge in [0, 0.05) is 11.8 Å². The SMILES string of the molecule is CCCC(C)OC(=O)Oc1ccc(C(C(C)C(C)OC(=O)OC(C)(C)C)[C@H](N)C(=O)O)cc1OC(=O)OC(C)CCC. The van der Waals surface area contributed by atoms with E-state index in [0.717, 1.165) is 12.8 Å². The second-order valence-electron chi connectivity index (χ2n) is 11.4. The van der Waals surface area contributed by atoms with Crippen LogP contribution in [0.3, 0.4) is 0 Å². The summed E-state index contributed by atoms with van der Waals surface area (Å²) in [6.45, 7) is 15.6. The topological polar surface area (TPSA) is 170 Å². The largest absolute Gasteiger partial charge is 0.514 e. The minimum atomic E-state index is -1.44. The molecule has 1 aromatic rings.